The zero-order valence-corrected chi connectivity index (χ0v) is 10.9. The zero-order valence-electron chi connectivity index (χ0n) is 10.9. The number of nitrogens with zero attached hydrogens (tertiary/aromatic N) is 1. The standard InChI is InChI=1S/C15H26N2/c1-4-8-14-11(5-1)9-10-15-12-6-2-3-7-13(12)16-17(14)15/h11-16H,1-10H2. The first kappa shape index (κ1) is 10.8. The number of fused-ring (bicyclic) bond motifs is 5. The molecular formula is C15H26N2. The fourth-order valence-corrected chi connectivity index (χ4v) is 5.24. The van der Waals surface area contributed by atoms with Gasteiger partial charge >= 0.3 is 0 Å². The highest BCUT2D eigenvalue weighted by Crippen LogP contribution is 2.45. The molecule has 5 unspecified atom stereocenters. The van der Waals surface area contributed by atoms with Crippen molar-refractivity contribution in [1.29, 1.82) is 0 Å². The second kappa shape index (κ2) is 4.24. The molecular weight excluding hydrogens is 208 g/mol. The van der Waals surface area contributed by atoms with Crippen LogP contribution in [-0.4, -0.2) is 23.1 Å². The summed E-state index contributed by atoms with van der Waals surface area (Å²) in [5, 5.41) is 2.76. The van der Waals surface area contributed by atoms with Gasteiger partial charge in [0.05, 0.1) is 0 Å². The van der Waals surface area contributed by atoms with E-state index in [1.54, 1.807) is 0 Å². The highest BCUT2D eigenvalue weighted by molar-refractivity contribution is 5.01. The Balaban J connectivity index is 1.56. The fraction of sp³-hybridized carbons (Fsp3) is 1.00. The third-order valence-electron chi connectivity index (χ3n) is 6.05. The molecule has 4 aliphatic rings. The van der Waals surface area contributed by atoms with Gasteiger partial charge in [-0.2, -0.15) is 0 Å². The van der Waals surface area contributed by atoms with Crippen LogP contribution in [0, 0.1) is 11.8 Å². The third kappa shape index (κ3) is 1.67. The van der Waals surface area contributed by atoms with E-state index < -0.39 is 0 Å². The molecule has 0 aromatic carbocycles. The summed E-state index contributed by atoms with van der Waals surface area (Å²) in [6.45, 7) is 0. The lowest BCUT2D eigenvalue weighted by atomic mass is 9.73. The average Bonchev–Trinajstić information content (AvgIpc) is 2.78. The predicted molar refractivity (Wildman–Crippen MR) is 69.5 cm³/mol. The molecule has 2 nitrogen and oxygen atoms in total. The van der Waals surface area contributed by atoms with Gasteiger partial charge in [-0.3, -0.25) is 5.43 Å². The normalized spacial score (nSPS) is 50.5. The van der Waals surface area contributed by atoms with Crippen LogP contribution in [0.3, 0.4) is 0 Å². The number of hydrazine groups is 1. The van der Waals surface area contributed by atoms with Crippen molar-refractivity contribution in [3.8, 4) is 0 Å². The number of piperidine rings is 1. The SMILES string of the molecule is C1CCC2C(C1)CCC1C3CCCCC3NN21. The van der Waals surface area contributed by atoms with Crippen molar-refractivity contribution in [3.05, 3.63) is 0 Å². The molecule has 2 aliphatic heterocycles. The van der Waals surface area contributed by atoms with Crippen molar-refractivity contribution in [2.24, 2.45) is 11.8 Å². The van der Waals surface area contributed by atoms with Crippen LogP contribution in [0.2, 0.25) is 0 Å². The topological polar surface area (TPSA) is 15.3 Å². The summed E-state index contributed by atoms with van der Waals surface area (Å²) in [6.07, 6.45) is 14.8. The van der Waals surface area contributed by atoms with Gasteiger partial charge < -0.3 is 0 Å². The highest BCUT2D eigenvalue weighted by atomic mass is 15.6. The van der Waals surface area contributed by atoms with Gasteiger partial charge in [-0.25, -0.2) is 5.01 Å². The first-order chi connectivity index (χ1) is 8.43. The van der Waals surface area contributed by atoms with Gasteiger partial charge in [0.25, 0.3) is 0 Å². The minimum Gasteiger partial charge on any atom is -0.251 e. The van der Waals surface area contributed by atoms with E-state index >= 15 is 0 Å². The van der Waals surface area contributed by atoms with Crippen molar-refractivity contribution in [3.63, 3.8) is 0 Å². The molecule has 0 radical (unpaired) electrons. The van der Waals surface area contributed by atoms with E-state index in [4.69, 9.17) is 0 Å². The molecule has 0 aromatic heterocycles. The molecule has 2 heteroatoms. The van der Waals surface area contributed by atoms with Crippen molar-refractivity contribution in [1.82, 2.24) is 10.4 Å². The van der Waals surface area contributed by atoms with Crippen LogP contribution < -0.4 is 5.43 Å². The van der Waals surface area contributed by atoms with Gasteiger partial charge in [0, 0.05) is 18.1 Å². The lowest BCUT2D eigenvalue weighted by Gasteiger charge is -2.46. The zero-order chi connectivity index (χ0) is 11.2. The van der Waals surface area contributed by atoms with Crippen molar-refractivity contribution in [2.75, 3.05) is 0 Å². The maximum Gasteiger partial charge on any atom is 0.0290 e. The maximum absolute atomic E-state index is 3.93. The minimum absolute atomic E-state index is 0.842. The van der Waals surface area contributed by atoms with E-state index in [2.05, 4.69) is 10.4 Å². The predicted octanol–water partition coefficient (Wildman–Crippen LogP) is 3.09. The summed E-state index contributed by atoms with van der Waals surface area (Å²) in [4.78, 5) is 0. The third-order valence-corrected chi connectivity index (χ3v) is 6.05. The summed E-state index contributed by atoms with van der Waals surface area (Å²) in [7, 11) is 0. The molecule has 0 spiro atoms. The number of rotatable bonds is 0. The number of nitrogens with one attached hydrogen (secondary N) is 1. The van der Waals surface area contributed by atoms with E-state index in [1.807, 2.05) is 0 Å². The van der Waals surface area contributed by atoms with Gasteiger partial charge in [0.15, 0.2) is 0 Å². The highest BCUT2D eigenvalue weighted by Gasteiger charge is 2.49. The molecule has 2 aliphatic carbocycles. The second-order valence-corrected chi connectivity index (χ2v) is 6.85. The van der Waals surface area contributed by atoms with Crippen LogP contribution in [0.25, 0.3) is 0 Å². The van der Waals surface area contributed by atoms with Crippen molar-refractivity contribution < 1.29 is 0 Å². The monoisotopic (exact) mass is 234 g/mol. The molecule has 4 fully saturated rings. The van der Waals surface area contributed by atoms with Crippen LogP contribution in [0.15, 0.2) is 0 Å². The van der Waals surface area contributed by atoms with E-state index in [0.29, 0.717) is 0 Å². The molecule has 2 heterocycles. The number of hydrogen-bond donors (Lipinski definition) is 1. The van der Waals surface area contributed by atoms with E-state index in [-0.39, 0.29) is 0 Å². The summed E-state index contributed by atoms with van der Waals surface area (Å²) in [5.74, 6) is 2.01. The van der Waals surface area contributed by atoms with Gasteiger partial charge in [-0.1, -0.05) is 25.7 Å². The molecule has 1 N–H and O–H groups in total. The summed E-state index contributed by atoms with van der Waals surface area (Å²) in [6, 6.07) is 2.64. The first-order valence-electron chi connectivity index (χ1n) is 7.98. The van der Waals surface area contributed by atoms with Gasteiger partial charge in [-0.05, 0) is 50.4 Å². The summed E-state index contributed by atoms with van der Waals surface area (Å²) < 4.78 is 0. The fourth-order valence-electron chi connectivity index (χ4n) is 5.24. The van der Waals surface area contributed by atoms with Crippen LogP contribution in [0.4, 0.5) is 0 Å². The number of hydrogen-bond acceptors (Lipinski definition) is 2. The molecule has 5 atom stereocenters. The molecule has 96 valence electrons. The Morgan fingerprint density at radius 2 is 1.53 bits per heavy atom. The van der Waals surface area contributed by atoms with Crippen LogP contribution in [0.1, 0.15) is 64.2 Å². The first-order valence-corrected chi connectivity index (χ1v) is 7.98. The van der Waals surface area contributed by atoms with Crippen LogP contribution in [0.5, 0.6) is 0 Å². The molecule has 0 aromatic rings. The molecule has 0 bridgehead atoms. The van der Waals surface area contributed by atoms with Crippen molar-refractivity contribution >= 4 is 0 Å². The quantitative estimate of drug-likeness (QED) is 0.693. The maximum atomic E-state index is 3.93. The second-order valence-electron chi connectivity index (χ2n) is 6.85. The van der Waals surface area contributed by atoms with Crippen LogP contribution >= 0.6 is 0 Å². The largest absolute Gasteiger partial charge is 0.251 e. The lowest BCUT2D eigenvalue weighted by molar-refractivity contribution is -0.00117. The Kier molecular flexibility index (Phi) is 2.69. The van der Waals surface area contributed by atoms with E-state index in [9.17, 15) is 0 Å². The van der Waals surface area contributed by atoms with Crippen molar-refractivity contribution in [2.45, 2.75) is 82.3 Å². The molecule has 2 saturated carbocycles. The minimum atomic E-state index is 0.842. The van der Waals surface area contributed by atoms with E-state index in [0.717, 1.165) is 30.0 Å². The summed E-state index contributed by atoms with van der Waals surface area (Å²) >= 11 is 0. The van der Waals surface area contributed by atoms with E-state index in [1.165, 1.54) is 64.2 Å². The van der Waals surface area contributed by atoms with Crippen LogP contribution in [-0.2, 0) is 0 Å². The van der Waals surface area contributed by atoms with Gasteiger partial charge in [0.1, 0.15) is 0 Å². The molecule has 17 heavy (non-hydrogen) atoms. The Morgan fingerprint density at radius 1 is 0.706 bits per heavy atom. The molecule has 2 saturated heterocycles. The Morgan fingerprint density at radius 3 is 2.53 bits per heavy atom. The molecule has 0 amide bonds. The Bertz CT molecular complexity index is 291. The molecule has 4 rings (SSSR count). The summed E-state index contributed by atoms with van der Waals surface area (Å²) in [5.41, 5.74) is 3.93. The Hall–Kier alpha value is -0.0800. The smallest absolute Gasteiger partial charge is 0.0290 e. The van der Waals surface area contributed by atoms with Gasteiger partial charge in [-0.15, -0.1) is 0 Å². The Labute approximate surface area is 105 Å². The van der Waals surface area contributed by atoms with Gasteiger partial charge in [0.2, 0.25) is 0 Å². The lowest BCUT2D eigenvalue weighted by Crippen LogP contribution is -2.54. The average molecular weight is 234 g/mol.